The summed E-state index contributed by atoms with van der Waals surface area (Å²) in [6.07, 6.45) is 0.478. The molecule has 0 aliphatic rings. The SMILES string of the molecule is COc1ccc(OCc2cc(C(=O)N(C)CCC(C)(C)O)n[nH]2)c(Cl)c1. The predicted molar refractivity (Wildman–Crippen MR) is 98.8 cm³/mol. The highest BCUT2D eigenvalue weighted by Crippen LogP contribution is 2.29. The van der Waals surface area contributed by atoms with E-state index in [0.29, 0.717) is 40.9 Å². The summed E-state index contributed by atoms with van der Waals surface area (Å²) in [4.78, 5) is 13.9. The Morgan fingerprint density at radius 1 is 1.38 bits per heavy atom. The number of hydrogen-bond acceptors (Lipinski definition) is 5. The van der Waals surface area contributed by atoms with Gasteiger partial charge in [0.1, 0.15) is 18.1 Å². The van der Waals surface area contributed by atoms with Gasteiger partial charge in [0.15, 0.2) is 5.69 Å². The number of nitrogens with one attached hydrogen (secondary N) is 1. The first-order valence-corrected chi connectivity index (χ1v) is 8.56. The molecule has 2 N–H and O–H groups in total. The molecule has 0 unspecified atom stereocenters. The highest BCUT2D eigenvalue weighted by molar-refractivity contribution is 6.32. The van der Waals surface area contributed by atoms with Crippen LogP contribution in [-0.2, 0) is 6.61 Å². The van der Waals surface area contributed by atoms with Gasteiger partial charge in [-0.25, -0.2) is 0 Å². The van der Waals surface area contributed by atoms with Crippen LogP contribution in [0.2, 0.25) is 5.02 Å². The molecular formula is C18H24ClN3O4. The number of amides is 1. The van der Waals surface area contributed by atoms with Gasteiger partial charge in [-0.1, -0.05) is 11.6 Å². The number of rotatable bonds is 8. The van der Waals surface area contributed by atoms with E-state index < -0.39 is 5.60 Å². The van der Waals surface area contributed by atoms with Crippen molar-refractivity contribution < 1.29 is 19.4 Å². The van der Waals surface area contributed by atoms with Gasteiger partial charge in [0.2, 0.25) is 0 Å². The lowest BCUT2D eigenvalue weighted by Crippen LogP contribution is -2.32. The van der Waals surface area contributed by atoms with Crippen LogP contribution in [0, 0.1) is 0 Å². The zero-order valence-corrected chi connectivity index (χ0v) is 16.1. The molecule has 142 valence electrons. The van der Waals surface area contributed by atoms with Crippen molar-refractivity contribution in [2.24, 2.45) is 0 Å². The zero-order valence-electron chi connectivity index (χ0n) is 15.4. The van der Waals surface area contributed by atoms with E-state index in [1.807, 2.05) is 0 Å². The number of H-pyrrole nitrogens is 1. The first-order chi connectivity index (χ1) is 12.2. The summed E-state index contributed by atoms with van der Waals surface area (Å²) in [5.41, 5.74) is 0.121. The van der Waals surface area contributed by atoms with E-state index in [1.165, 1.54) is 4.90 Å². The molecule has 0 saturated carbocycles. The second kappa shape index (κ2) is 8.42. The Labute approximate surface area is 157 Å². The van der Waals surface area contributed by atoms with Gasteiger partial charge in [-0.2, -0.15) is 5.10 Å². The Balaban J connectivity index is 1.94. The number of nitrogens with zero attached hydrogens (tertiary/aromatic N) is 2. The van der Waals surface area contributed by atoms with E-state index in [0.717, 1.165) is 0 Å². The molecule has 1 heterocycles. The van der Waals surface area contributed by atoms with Gasteiger partial charge in [0.05, 0.1) is 23.4 Å². The predicted octanol–water partition coefficient (Wildman–Crippen LogP) is 2.88. The second-order valence-electron chi connectivity index (χ2n) is 6.65. The number of ether oxygens (including phenoxy) is 2. The average molecular weight is 382 g/mol. The summed E-state index contributed by atoms with van der Waals surface area (Å²) < 4.78 is 10.7. The van der Waals surface area contributed by atoms with Crippen LogP contribution in [0.15, 0.2) is 24.3 Å². The number of benzene rings is 1. The quantitative estimate of drug-likeness (QED) is 0.734. The lowest BCUT2D eigenvalue weighted by molar-refractivity contribution is 0.0542. The number of carbonyl (C=O) groups excluding carboxylic acids is 1. The number of aromatic amines is 1. The van der Waals surface area contributed by atoms with E-state index >= 15 is 0 Å². The van der Waals surface area contributed by atoms with E-state index in [4.69, 9.17) is 21.1 Å². The standard InChI is InChI=1S/C18H24ClN3O4/c1-18(2,24)7-8-22(3)17(23)15-9-12(20-21-15)11-26-16-6-5-13(25-4)10-14(16)19/h5-6,9-10,24H,7-8,11H2,1-4H3,(H,20,21). The van der Waals surface area contributed by atoms with E-state index in [1.54, 1.807) is 52.3 Å². The molecule has 0 saturated heterocycles. The summed E-state index contributed by atoms with van der Waals surface area (Å²) in [6.45, 7) is 4.04. The molecule has 26 heavy (non-hydrogen) atoms. The molecule has 0 fully saturated rings. The van der Waals surface area contributed by atoms with Crippen LogP contribution in [0.5, 0.6) is 11.5 Å². The minimum atomic E-state index is -0.823. The number of hydrogen-bond donors (Lipinski definition) is 2. The van der Waals surface area contributed by atoms with Gasteiger partial charge in [0.25, 0.3) is 5.91 Å². The van der Waals surface area contributed by atoms with Crippen LogP contribution in [0.1, 0.15) is 36.5 Å². The Hall–Kier alpha value is -2.25. The number of halogens is 1. The van der Waals surface area contributed by atoms with Crippen molar-refractivity contribution in [1.29, 1.82) is 0 Å². The van der Waals surface area contributed by atoms with Crippen molar-refractivity contribution in [2.75, 3.05) is 20.7 Å². The van der Waals surface area contributed by atoms with Crippen molar-refractivity contribution in [2.45, 2.75) is 32.5 Å². The third kappa shape index (κ3) is 5.64. The summed E-state index contributed by atoms with van der Waals surface area (Å²) in [7, 11) is 3.24. The molecule has 0 atom stereocenters. The fourth-order valence-electron chi connectivity index (χ4n) is 2.16. The maximum atomic E-state index is 12.4. The van der Waals surface area contributed by atoms with Crippen LogP contribution in [0.4, 0.5) is 0 Å². The third-order valence-corrected chi connectivity index (χ3v) is 4.07. The van der Waals surface area contributed by atoms with E-state index in [9.17, 15) is 9.90 Å². The third-order valence-electron chi connectivity index (χ3n) is 3.78. The zero-order chi connectivity index (χ0) is 19.3. The normalized spacial score (nSPS) is 11.3. The maximum Gasteiger partial charge on any atom is 0.274 e. The molecule has 2 aromatic rings. The fourth-order valence-corrected chi connectivity index (χ4v) is 2.39. The fraction of sp³-hybridized carbons (Fsp3) is 0.444. The first kappa shape index (κ1) is 20.1. The molecule has 2 rings (SSSR count). The number of aromatic nitrogens is 2. The van der Waals surface area contributed by atoms with E-state index in [2.05, 4.69) is 10.2 Å². The summed E-state index contributed by atoms with van der Waals surface area (Å²) in [5.74, 6) is 0.933. The molecule has 8 heteroatoms. The minimum absolute atomic E-state index is 0.194. The molecule has 7 nitrogen and oxygen atoms in total. The van der Waals surface area contributed by atoms with Gasteiger partial charge in [-0.05, 0) is 38.5 Å². The van der Waals surface area contributed by atoms with Crippen LogP contribution >= 0.6 is 11.6 Å². The van der Waals surface area contributed by atoms with Crippen LogP contribution < -0.4 is 9.47 Å². The molecular weight excluding hydrogens is 358 g/mol. The monoisotopic (exact) mass is 381 g/mol. The molecule has 0 radical (unpaired) electrons. The molecule has 0 aliphatic heterocycles. The van der Waals surface area contributed by atoms with Crippen LogP contribution in [0.3, 0.4) is 0 Å². The van der Waals surface area contributed by atoms with Gasteiger partial charge in [-0.15, -0.1) is 0 Å². The summed E-state index contributed by atoms with van der Waals surface area (Å²) in [6, 6.07) is 6.77. The van der Waals surface area contributed by atoms with Gasteiger partial charge in [0, 0.05) is 19.7 Å². The molecule has 1 amide bonds. The smallest absolute Gasteiger partial charge is 0.274 e. The Morgan fingerprint density at radius 2 is 2.12 bits per heavy atom. The highest BCUT2D eigenvalue weighted by atomic mass is 35.5. The van der Waals surface area contributed by atoms with Crippen LogP contribution in [0.25, 0.3) is 0 Å². The van der Waals surface area contributed by atoms with Gasteiger partial charge >= 0.3 is 0 Å². The summed E-state index contributed by atoms with van der Waals surface area (Å²) >= 11 is 6.13. The van der Waals surface area contributed by atoms with Crippen molar-refractivity contribution in [3.63, 3.8) is 0 Å². The van der Waals surface area contributed by atoms with Crippen molar-refractivity contribution in [3.05, 3.63) is 40.7 Å². The lowest BCUT2D eigenvalue weighted by Gasteiger charge is -2.22. The largest absolute Gasteiger partial charge is 0.497 e. The van der Waals surface area contributed by atoms with E-state index in [-0.39, 0.29) is 12.5 Å². The van der Waals surface area contributed by atoms with Gasteiger partial charge < -0.3 is 19.5 Å². The second-order valence-corrected chi connectivity index (χ2v) is 7.06. The minimum Gasteiger partial charge on any atom is -0.497 e. The van der Waals surface area contributed by atoms with Crippen molar-refractivity contribution in [1.82, 2.24) is 15.1 Å². The molecule has 0 aliphatic carbocycles. The van der Waals surface area contributed by atoms with Crippen LogP contribution in [-0.4, -0.2) is 52.4 Å². The lowest BCUT2D eigenvalue weighted by atomic mass is 10.1. The van der Waals surface area contributed by atoms with Crippen molar-refractivity contribution >= 4 is 17.5 Å². The molecule has 0 spiro atoms. The molecule has 0 bridgehead atoms. The Kier molecular flexibility index (Phi) is 6.50. The molecule has 1 aromatic carbocycles. The van der Waals surface area contributed by atoms with Crippen molar-refractivity contribution in [3.8, 4) is 11.5 Å². The van der Waals surface area contributed by atoms with Gasteiger partial charge in [-0.3, -0.25) is 9.89 Å². The number of carbonyl (C=O) groups is 1. The number of methoxy groups -OCH3 is 1. The number of aliphatic hydroxyl groups is 1. The average Bonchev–Trinajstić information content (AvgIpc) is 3.06. The highest BCUT2D eigenvalue weighted by Gasteiger charge is 2.19. The maximum absolute atomic E-state index is 12.4. The Morgan fingerprint density at radius 3 is 2.73 bits per heavy atom. The summed E-state index contributed by atoms with van der Waals surface area (Å²) in [5, 5.41) is 17.0. The molecule has 1 aromatic heterocycles. The first-order valence-electron chi connectivity index (χ1n) is 8.18. The topological polar surface area (TPSA) is 87.7 Å². The Bertz CT molecular complexity index is 755.